The van der Waals surface area contributed by atoms with Crippen LogP contribution in [-0.4, -0.2) is 25.3 Å². The standard InChI is InChI=1S/C29H23ClFN5O/c1-19-25-18-35(29(37)32-23-11-6-10-22(31)17-23)27(20-8-5-9-21(30)16-20)26-14-7-15-34(26)28(25)36(33-19)24-12-3-2-4-13-24/h2-17,27H,18H2,1H3,(H,32,37)/t27-/m0/s1. The number of amides is 2. The Bertz CT molecular complexity index is 1610. The number of nitrogens with one attached hydrogen (secondary N) is 1. The SMILES string of the molecule is Cc1nn(-c2ccccc2)c2c1CN(C(=O)Nc1cccc(F)c1)[C@@H](c1cccc(Cl)c1)c1cccn1-2. The maximum absolute atomic E-state index is 13.9. The second-order valence-corrected chi connectivity index (χ2v) is 9.40. The number of aromatic nitrogens is 3. The number of urea groups is 1. The molecule has 6 rings (SSSR count). The molecule has 1 aliphatic heterocycles. The maximum Gasteiger partial charge on any atom is 0.322 e. The van der Waals surface area contributed by atoms with Crippen molar-refractivity contribution < 1.29 is 9.18 Å². The Morgan fingerprint density at radius 3 is 2.59 bits per heavy atom. The van der Waals surface area contributed by atoms with Crippen molar-refractivity contribution in [3.8, 4) is 11.5 Å². The number of carbonyl (C=O) groups excluding carboxylic acids is 1. The first kappa shape index (κ1) is 23.1. The lowest BCUT2D eigenvalue weighted by Gasteiger charge is -2.31. The smallest absolute Gasteiger partial charge is 0.308 e. The summed E-state index contributed by atoms with van der Waals surface area (Å²) in [7, 11) is 0. The normalized spacial score (nSPS) is 14.6. The molecule has 184 valence electrons. The lowest BCUT2D eigenvalue weighted by molar-refractivity contribution is 0.194. The molecule has 1 N–H and O–H groups in total. The molecule has 6 nitrogen and oxygen atoms in total. The molecule has 2 amide bonds. The summed E-state index contributed by atoms with van der Waals surface area (Å²) in [5.41, 5.74) is 4.78. The number of anilines is 1. The Kier molecular flexibility index (Phi) is 5.77. The van der Waals surface area contributed by atoms with E-state index in [1.165, 1.54) is 12.1 Å². The molecule has 0 unspecified atom stereocenters. The zero-order chi connectivity index (χ0) is 25.5. The fraction of sp³-hybridized carbons (Fsp3) is 0.103. The molecule has 1 atom stereocenters. The second-order valence-electron chi connectivity index (χ2n) is 8.96. The van der Waals surface area contributed by atoms with Crippen LogP contribution in [0, 0.1) is 12.7 Å². The molecule has 8 heteroatoms. The van der Waals surface area contributed by atoms with Crippen LogP contribution in [0.5, 0.6) is 0 Å². The molecular formula is C29H23ClFN5O. The van der Waals surface area contributed by atoms with E-state index in [1.54, 1.807) is 17.0 Å². The molecule has 5 aromatic rings. The largest absolute Gasteiger partial charge is 0.322 e. The van der Waals surface area contributed by atoms with E-state index in [9.17, 15) is 9.18 Å². The van der Waals surface area contributed by atoms with Crippen molar-refractivity contribution in [2.45, 2.75) is 19.5 Å². The average molecular weight is 512 g/mol. The molecular weight excluding hydrogens is 489 g/mol. The third kappa shape index (κ3) is 4.17. The molecule has 3 heterocycles. The predicted octanol–water partition coefficient (Wildman–Crippen LogP) is 6.90. The van der Waals surface area contributed by atoms with Crippen LogP contribution >= 0.6 is 11.6 Å². The van der Waals surface area contributed by atoms with Crippen molar-refractivity contribution in [3.05, 3.63) is 131 Å². The first-order chi connectivity index (χ1) is 18.0. The van der Waals surface area contributed by atoms with Gasteiger partial charge in [0.2, 0.25) is 0 Å². The Labute approximate surface area is 218 Å². The van der Waals surface area contributed by atoms with E-state index in [-0.39, 0.29) is 12.6 Å². The van der Waals surface area contributed by atoms with Crippen molar-refractivity contribution in [2.75, 3.05) is 5.32 Å². The van der Waals surface area contributed by atoms with Gasteiger partial charge in [0.25, 0.3) is 0 Å². The minimum atomic E-state index is -0.460. The molecule has 0 saturated heterocycles. The first-order valence-electron chi connectivity index (χ1n) is 11.9. The van der Waals surface area contributed by atoms with Gasteiger partial charge in [0, 0.05) is 22.5 Å². The van der Waals surface area contributed by atoms with Gasteiger partial charge in [0.1, 0.15) is 11.6 Å². The van der Waals surface area contributed by atoms with Gasteiger partial charge in [-0.1, -0.05) is 48.0 Å². The molecule has 0 saturated carbocycles. The van der Waals surface area contributed by atoms with E-state index in [4.69, 9.17) is 16.7 Å². The molecule has 0 radical (unpaired) electrons. The van der Waals surface area contributed by atoms with Gasteiger partial charge >= 0.3 is 6.03 Å². The summed E-state index contributed by atoms with van der Waals surface area (Å²) in [6, 6.07) is 26.5. The van der Waals surface area contributed by atoms with Gasteiger partial charge in [-0.2, -0.15) is 5.10 Å². The number of carbonyl (C=O) groups is 1. The van der Waals surface area contributed by atoms with Gasteiger partial charge in [-0.3, -0.25) is 0 Å². The average Bonchev–Trinajstić information content (AvgIpc) is 3.45. The van der Waals surface area contributed by atoms with E-state index in [1.807, 2.05) is 84.5 Å². The van der Waals surface area contributed by atoms with Gasteiger partial charge in [-0.25, -0.2) is 13.9 Å². The number of para-hydroxylation sites is 1. The number of hydrogen-bond donors (Lipinski definition) is 1. The topological polar surface area (TPSA) is 55.1 Å². The maximum atomic E-state index is 13.9. The Morgan fingerprint density at radius 2 is 1.81 bits per heavy atom. The lowest BCUT2D eigenvalue weighted by Crippen LogP contribution is -2.38. The highest BCUT2D eigenvalue weighted by Gasteiger charge is 2.36. The number of hydrogen-bond acceptors (Lipinski definition) is 2. The van der Waals surface area contributed by atoms with E-state index in [0.717, 1.165) is 34.0 Å². The summed E-state index contributed by atoms with van der Waals surface area (Å²) in [5, 5.41) is 8.31. The highest BCUT2D eigenvalue weighted by Crippen LogP contribution is 2.39. The van der Waals surface area contributed by atoms with Crippen molar-refractivity contribution >= 4 is 23.3 Å². The van der Waals surface area contributed by atoms with Crippen molar-refractivity contribution in [1.82, 2.24) is 19.2 Å². The Balaban J connectivity index is 1.54. The molecule has 0 fully saturated rings. The predicted molar refractivity (Wildman–Crippen MR) is 142 cm³/mol. The van der Waals surface area contributed by atoms with E-state index in [2.05, 4.69) is 9.88 Å². The van der Waals surface area contributed by atoms with Crippen molar-refractivity contribution in [3.63, 3.8) is 0 Å². The molecule has 0 spiro atoms. The minimum absolute atomic E-state index is 0.286. The number of aryl methyl sites for hydroxylation is 1. The number of fused-ring (bicyclic) bond motifs is 3. The number of halogens is 2. The fourth-order valence-electron chi connectivity index (χ4n) is 4.94. The fourth-order valence-corrected chi connectivity index (χ4v) is 5.14. The van der Waals surface area contributed by atoms with Crippen molar-refractivity contribution in [1.29, 1.82) is 0 Å². The van der Waals surface area contributed by atoms with Gasteiger partial charge in [-0.15, -0.1) is 0 Å². The van der Waals surface area contributed by atoms with E-state index < -0.39 is 11.9 Å². The van der Waals surface area contributed by atoms with Crippen LogP contribution in [0.3, 0.4) is 0 Å². The molecule has 2 aromatic heterocycles. The summed E-state index contributed by atoms with van der Waals surface area (Å²) in [5.74, 6) is 0.452. The second kappa shape index (κ2) is 9.26. The van der Waals surface area contributed by atoms with Gasteiger partial charge in [-0.05, 0) is 67.1 Å². The monoisotopic (exact) mass is 511 g/mol. The molecule has 1 aliphatic rings. The van der Waals surface area contributed by atoms with Crippen LogP contribution in [0.15, 0.2) is 97.2 Å². The summed E-state index contributed by atoms with van der Waals surface area (Å²) in [4.78, 5) is 15.6. The zero-order valence-electron chi connectivity index (χ0n) is 20.0. The summed E-state index contributed by atoms with van der Waals surface area (Å²) in [6.45, 7) is 2.23. The third-order valence-electron chi connectivity index (χ3n) is 6.59. The van der Waals surface area contributed by atoms with Crippen molar-refractivity contribution in [2.24, 2.45) is 0 Å². The Morgan fingerprint density at radius 1 is 1.00 bits per heavy atom. The summed E-state index contributed by atoms with van der Waals surface area (Å²) >= 11 is 6.40. The molecule has 3 aromatic carbocycles. The van der Waals surface area contributed by atoms with Crippen LogP contribution in [0.2, 0.25) is 5.02 Å². The van der Waals surface area contributed by atoms with Gasteiger partial charge < -0.3 is 14.8 Å². The van der Waals surface area contributed by atoms with E-state index in [0.29, 0.717) is 10.7 Å². The molecule has 0 bridgehead atoms. The third-order valence-corrected chi connectivity index (χ3v) is 6.82. The molecule has 0 aliphatic carbocycles. The lowest BCUT2D eigenvalue weighted by atomic mass is 10.0. The van der Waals surface area contributed by atoms with Crippen LogP contribution in [0.1, 0.15) is 28.6 Å². The van der Waals surface area contributed by atoms with Crippen LogP contribution in [0.4, 0.5) is 14.9 Å². The minimum Gasteiger partial charge on any atom is -0.308 e. The first-order valence-corrected chi connectivity index (χ1v) is 12.3. The van der Waals surface area contributed by atoms with Crippen LogP contribution < -0.4 is 5.32 Å². The van der Waals surface area contributed by atoms with E-state index >= 15 is 0 Å². The quantitative estimate of drug-likeness (QED) is 0.286. The molecule has 37 heavy (non-hydrogen) atoms. The number of nitrogens with zero attached hydrogens (tertiary/aromatic N) is 4. The number of benzene rings is 3. The van der Waals surface area contributed by atoms with Gasteiger partial charge in [0.15, 0.2) is 0 Å². The van der Waals surface area contributed by atoms with Crippen LogP contribution in [0.25, 0.3) is 11.5 Å². The highest BCUT2D eigenvalue weighted by molar-refractivity contribution is 6.30. The number of rotatable bonds is 3. The van der Waals surface area contributed by atoms with Crippen LogP contribution in [-0.2, 0) is 6.54 Å². The summed E-state index contributed by atoms with van der Waals surface area (Å²) in [6.07, 6.45) is 1.99. The highest BCUT2D eigenvalue weighted by atomic mass is 35.5. The van der Waals surface area contributed by atoms with Gasteiger partial charge in [0.05, 0.1) is 29.7 Å². The Hall–Kier alpha value is -4.36. The zero-order valence-corrected chi connectivity index (χ0v) is 20.7. The summed E-state index contributed by atoms with van der Waals surface area (Å²) < 4.78 is 17.9.